The van der Waals surface area contributed by atoms with Crippen LogP contribution >= 0.6 is 0 Å². The van der Waals surface area contributed by atoms with Gasteiger partial charge in [0.1, 0.15) is 6.61 Å². The summed E-state index contributed by atoms with van der Waals surface area (Å²) in [5.41, 5.74) is 4.14. The van der Waals surface area contributed by atoms with Crippen molar-refractivity contribution in [2.24, 2.45) is 5.92 Å². The molecule has 10 heteroatoms. The minimum atomic E-state index is -4.66. The van der Waals surface area contributed by atoms with E-state index in [0.29, 0.717) is 0 Å². The first kappa shape index (κ1) is 26.1. The number of nitrogens with one attached hydrogen (secondary N) is 2. The zero-order chi connectivity index (χ0) is 25.6. The molecule has 2 amide bonds. The molecular formula is C25H27F3N2O5. The Bertz CT molecular complexity index is 1030. The third-order valence-electron chi connectivity index (χ3n) is 5.89. The second-order valence-corrected chi connectivity index (χ2v) is 8.55. The maximum Gasteiger partial charge on any atom is 0.407 e. The second-order valence-electron chi connectivity index (χ2n) is 8.55. The Kier molecular flexibility index (Phi) is 8.37. The van der Waals surface area contributed by atoms with E-state index in [4.69, 9.17) is 9.84 Å². The number of carbonyl (C=O) groups is 3. The lowest BCUT2D eigenvalue weighted by molar-refractivity contribution is -0.180. The highest BCUT2D eigenvalue weighted by atomic mass is 19.4. The molecule has 0 saturated carbocycles. The van der Waals surface area contributed by atoms with Crippen LogP contribution < -0.4 is 10.6 Å². The molecule has 1 aliphatic carbocycles. The Hall–Kier alpha value is -3.56. The number of rotatable bonds is 10. The van der Waals surface area contributed by atoms with Gasteiger partial charge in [0.25, 0.3) is 0 Å². The lowest BCUT2D eigenvalue weighted by atomic mass is 9.98. The van der Waals surface area contributed by atoms with E-state index in [0.717, 1.165) is 22.3 Å². The molecule has 1 unspecified atom stereocenters. The normalized spacial score (nSPS) is 14.4. The highest BCUT2D eigenvalue weighted by molar-refractivity contribution is 5.79. The van der Waals surface area contributed by atoms with E-state index in [1.165, 1.54) is 6.92 Å². The van der Waals surface area contributed by atoms with Gasteiger partial charge in [0, 0.05) is 24.9 Å². The summed E-state index contributed by atoms with van der Waals surface area (Å²) in [5.74, 6) is -4.24. The molecular weight excluding hydrogens is 465 g/mol. The molecule has 0 saturated heterocycles. The molecule has 35 heavy (non-hydrogen) atoms. The number of alkyl halides is 3. The van der Waals surface area contributed by atoms with Crippen molar-refractivity contribution in [2.45, 2.75) is 44.3 Å². The van der Waals surface area contributed by atoms with Crippen molar-refractivity contribution in [2.75, 3.05) is 13.2 Å². The zero-order valence-corrected chi connectivity index (χ0v) is 19.1. The number of ether oxygens (including phenoxy) is 1. The summed E-state index contributed by atoms with van der Waals surface area (Å²) in [5, 5.41) is 13.3. The predicted octanol–water partition coefficient (Wildman–Crippen LogP) is 4.46. The minimum absolute atomic E-state index is 0.0342. The molecule has 0 bridgehead atoms. The van der Waals surface area contributed by atoms with Crippen molar-refractivity contribution in [3.63, 3.8) is 0 Å². The fourth-order valence-electron chi connectivity index (χ4n) is 4.25. The molecule has 2 atom stereocenters. The van der Waals surface area contributed by atoms with Crippen molar-refractivity contribution >= 4 is 18.0 Å². The Morgan fingerprint density at radius 1 is 1.00 bits per heavy atom. The van der Waals surface area contributed by atoms with Crippen molar-refractivity contribution < 1.29 is 37.4 Å². The average Bonchev–Trinajstić information content (AvgIpc) is 3.09. The van der Waals surface area contributed by atoms with Crippen LogP contribution in [0.4, 0.5) is 18.0 Å². The van der Waals surface area contributed by atoms with Gasteiger partial charge in [-0.05, 0) is 35.6 Å². The number of carboxylic acid groups (broad SMARTS) is 1. The van der Waals surface area contributed by atoms with Crippen LogP contribution in [0.25, 0.3) is 11.1 Å². The fourth-order valence-corrected chi connectivity index (χ4v) is 4.25. The van der Waals surface area contributed by atoms with Gasteiger partial charge in [0.15, 0.2) is 0 Å². The summed E-state index contributed by atoms with van der Waals surface area (Å²) in [4.78, 5) is 34.8. The van der Waals surface area contributed by atoms with Crippen molar-refractivity contribution in [1.29, 1.82) is 0 Å². The largest absolute Gasteiger partial charge is 0.481 e. The van der Waals surface area contributed by atoms with Gasteiger partial charge >= 0.3 is 18.2 Å². The summed E-state index contributed by atoms with van der Waals surface area (Å²) < 4.78 is 45.4. The summed E-state index contributed by atoms with van der Waals surface area (Å²) in [6, 6.07) is 14.7. The standard InChI is InChI=1S/C25H27F3N2O5/c1-15(12-23(32)33)30-22(31)13-16(25(26,27)28)10-11-29-24(34)35-14-21-19-8-4-2-6-17(19)18-7-3-5-9-20(18)21/h2-9,15-16,21H,10-14H2,1H3,(H,29,34)(H,30,31)(H,32,33)/t15-,16?/m0/s1. The van der Waals surface area contributed by atoms with E-state index in [-0.39, 0.29) is 19.1 Å². The summed E-state index contributed by atoms with van der Waals surface area (Å²) >= 11 is 0. The number of fused-ring (bicyclic) bond motifs is 3. The molecule has 0 aromatic heterocycles. The average molecular weight is 492 g/mol. The van der Waals surface area contributed by atoms with Crippen molar-refractivity contribution in [3.8, 4) is 11.1 Å². The van der Waals surface area contributed by atoms with E-state index >= 15 is 0 Å². The Labute approximate surface area is 200 Å². The Balaban J connectivity index is 1.50. The molecule has 0 aliphatic heterocycles. The van der Waals surface area contributed by atoms with Gasteiger partial charge < -0.3 is 20.5 Å². The van der Waals surface area contributed by atoms with Crippen LogP contribution in [0, 0.1) is 5.92 Å². The quantitative estimate of drug-likeness (QED) is 0.454. The monoisotopic (exact) mass is 492 g/mol. The van der Waals surface area contributed by atoms with Crippen LogP contribution in [0.5, 0.6) is 0 Å². The van der Waals surface area contributed by atoms with Gasteiger partial charge in [-0.25, -0.2) is 4.79 Å². The van der Waals surface area contributed by atoms with Gasteiger partial charge in [-0.15, -0.1) is 0 Å². The topological polar surface area (TPSA) is 105 Å². The minimum Gasteiger partial charge on any atom is -0.481 e. The van der Waals surface area contributed by atoms with Crippen molar-refractivity contribution in [1.82, 2.24) is 10.6 Å². The lowest BCUT2D eigenvalue weighted by Crippen LogP contribution is -2.38. The number of hydrogen-bond donors (Lipinski definition) is 3. The highest BCUT2D eigenvalue weighted by Gasteiger charge is 2.40. The SMILES string of the molecule is C[C@@H](CC(=O)O)NC(=O)CC(CCNC(=O)OCC1c2ccccc2-c2ccccc21)C(F)(F)F. The molecule has 0 heterocycles. The predicted molar refractivity (Wildman–Crippen MR) is 122 cm³/mol. The van der Waals surface area contributed by atoms with Gasteiger partial charge in [0.2, 0.25) is 5.91 Å². The van der Waals surface area contributed by atoms with E-state index in [1.54, 1.807) is 0 Å². The lowest BCUT2D eigenvalue weighted by Gasteiger charge is -2.21. The smallest absolute Gasteiger partial charge is 0.407 e. The number of aliphatic carboxylic acids is 1. The number of carbonyl (C=O) groups excluding carboxylic acids is 2. The molecule has 0 spiro atoms. The Morgan fingerprint density at radius 3 is 2.11 bits per heavy atom. The van der Waals surface area contributed by atoms with Gasteiger partial charge in [-0.1, -0.05) is 48.5 Å². The van der Waals surface area contributed by atoms with Crippen LogP contribution in [0.3, 0.4) is 0 Å². The number of halogens is 3. The van der Waals surface area contributed by atoms with Crippen LogP contribution in [-0.2, 0) is 14.3 Å². The zero-order valence-electron chi connectivity index (χ0n) is 19.1. The molecule has 0 fully saturated rings. The van der Waals surface area contributed by atoms with Gasteiger partial charge in [-0.2, -0.15) is 13.2 Å². The first-order valence-electron chi connectivity index (χ1n) is 11.2. The Morgan fingerprint density at radius 2 is 1.57 bits per heavy atom. The number of benzene rings is 2. The molecule has 3 N–H and O–H groups in total. The van der Waals surface area contributed by atoms with Crippen LogP contribution in [-0.4, -0.2) is 48.4 Å². The highest BCUT2D eigenvalue weighted by Crippen LogP contribution is 2.44. The van der Waals surface area contributed by atoms with Gasteiger partial charge in [-0.3, -0.25) is 9.59 Å². The van der Waals surface area contributed by atoms with E-state index in [1.807, 2.05) is 48.5 Å². The summed E-state index contributed by atoms with van der Waals surface area (Å²) in [6.45, 7) is 1.10. The molecule has 7 nitrogen and oxygen atoms in total. The van der Waals surface area contributed by atoms with Gasteiger partial charge in [0.05, 0.1) is 12.3 Å². The molecule has 0 radical (unpaired) electrons. The molecule has 3 rings (SSSR count). The third-order valence-corrected chi connectivity index (χ3v) is 5.89. The molecule has 188 valence electrons. The molecule has 2 aromatic carbocycles. The number of alkyl carbamates (subject to hydrolysis) is 1. The summed E-state index contributed by atoms with van der Waals surface area (Å²) in [7, 11) is 0. The number of hydrogen-bond acceptors (Lipinski definition) is 4. The maximum absolute atomic E-state index is 13.4. The number of amides is 2. The molecule has 2 aromatic rings. The van der Waals surface area contributed by atoms with E-state index in [9.17, 15) is 27.6 Å². The number of carboxylic acids is 1. The maximum atomic E-state index is 13.4. The van der Waals surface area contributed by atoms with Crippen LogP contribution in [0.15, 0.2) is 48.5 Å². The first-order chi connectivity index (χ1) is 16.6. The van der Waals surface area contributed by atoms with Crippen LogP contribution in [0.2, 0.25) is 0 Å². The summed E-state index contributed by atoms with van der Waals surface area (Å²) in [6.07, 6.45) is -7.27. The van der Waals surface area contributed by atoms with E-state index in [2.05, 4.69) is 10.6 Å². The fraction of sp³-hybridized carbons (Fsp3) is 0.400. The van der Waals surface area contributed by atoms with E-state index < -0.39 is 55.4 Å². The van der Waals surface area contributed by atoms with Crippen LogP contribution in [0.1, 0.15) is 43.2 Å². The second kappa shape index (κ2) is 11.2. The van der Waals surface area contributed by atoms with Crippen molar-refractivity contribution in [3.05, 3.63) is 59.7 Å². The third kappa shape index (κ3) is 6.97. The first-order valence-corrected chi connectivity index (χ1v) is 11.2. The molecule has 1 aliphatic rings.